The topological polar surface area (TPSA) is 68.7 Å². The molecule has 1 aromatic rings. The van der Waals surface area contributed by atoms with Crippen LogP contribution in [0.5, 0.6) is 11.5 Å². The summed E-state index contributed by atoms with van der Waals surface area (Å²) >= 11 is 2.99. The molecule has 0 radical (unpaired) electrons. The summed E-state index contributed by atoms with van der Waals surface area (Å²) in [4.78, 5) is 15.1. The van der Waals surface area contributed by atoms with Gasteiger partial charge in [-0.05, 0) is 6.92 Å². The second-order valence-electron chi connectivity index (χ2n) is 3.21. The number of alkyl halides is 4. The lowest BCUT2D eigenvalue weighted by atomic mass is 10.2. The monoisotopic (exact) mass is 343 g/mol. The van der Waals surface area contributed by atoms with Crippen LogP contribution < -0.4 is 4.74 Å². The summed E-state index contributed by atoms with van der Waals surface area (Å²) in [6.45, 7) is 1.50. The van der Waals surface area contributed by atoms with Crippen LogP contribution in [0.15, 0.2) is 6.07 Å². The van der Waals surface area contributed by atoms with Crippen molar-refractivity contribution in [2.75, 3.05) is 6.61 Å². The minimum Gasteiger partial charge on any atom is -0.503 e. The third kappa shape index (κ3) is 4.27. The Morgan fingerprint density at radius 3 is 2.63 bits per heavy atom. The van der Waals surface area contributed by atoms with Crippen molar-refractivity contribution in [1.29, 1.82) is 0 Å². The van der Waals surface area contributed by atoms with E-state index in [-0.39, 0.29) is 17.6 Å². The molecule has 0 bridgehead atoms. The van der Waals surface area contributed by atoms with Gasteiger partial charge in [-0.15, -0.1) is 13.2 Å². The molecule has 0 saturated heterocycles. The molecular weight excluding hydrogens is 335 g/mol. The maximum absolute atomic E-state index is 12.2. The molecule has 0 unspecified atom stereocenters. The van der Waals surface area contributed by atoms with E-state index in [2.05, 4.69) is 30.4 Å². The van der Waals surface area contributed by atoms with Gasteiger partial charge in [0.25, 0.3) is 0 Å². The maximum atomic E-state index is 12.2. The number of ether oxygens (including phenoxy) is 2. The van der Waals surface area contributed by atoms with E-state index < -0.39 is 29.5 Å². The van der Waals surface area contributed by atoms with E-state index in [9.17, 15) is 23.1 Å². The fourth-order valence-electron chi connectivity index (χ4n) is 1.18. The number of hydrogen-bond acceptors (Lipinski definition) is 5. The fraction of sp³-hybridized carbons (Fsp3) is 0.400. The van der Waals surface area contributed by atoms with Crippen LogP contribution in [-0.2, 0) is 10.1 Å². The molecule has 9 heteroatoms. The Kier molecular flexibility index (Phi) is 4.98. The largest absolute Gasteiger partial charge is 0.573 e. The summed E-state index contributed by atoms with van der Waals surface area (Å²) in [6.07, 6.45) is -4.99. The number of esters is 1. The van der Waals surface area contributed by atoms with Gasteiger partial charge in [0.1, 0.15) is 0 Å². The lowest BCUT2D eigenvalue weighted by Gasteiger charge is -2.13. The van der Waals surface area contributed by atoms with E-state index in [0.29, 0.717) is 0 Å². The molecule has 0 aliphatic heterocycles. The fourth-order valence-corrected chi connectivity index (χ4v) is 1.47. The van der Waals surface area contributed by atoms with Gasteiger partial charge in [-0.3, -0.25) is 0 Å². The van der Waals surface area contributed by atoms with Crippen molar-refractivity contribution in [1.82, 2.24) is 4.98 Å². The molecule has 1 rings (SSSR count). The van der Waals surface area contributed by atoms with Crippen LogP contribution in [0.1, 0.15) is 23.1 Å². The van der Waals surface area contributed by atoms with Crippen LogP contribution in [0.4, 0.5) is 13.2 Å². The lowest BCUT2D eigenvalue weighted by Crippen LogP contribution is -2.18. The smallest absolute Gasteiger partial charge is 0.503 e. The first-order valence-corrected chi connectivity index (χ1v) is 6.12. The molecule has 0 aromatic carbocycles. The molecule has 19 heavy (non-hydrogen) atoms. The normalized spacial score (nSPS) is 11.2. The quantitative estimate of drug-likeness (QED) is 0.672. The summed E-state index contributed by atoms with van der Waals surface area (Å²) in [6, 6.07) is 0.875. The average Bonchev–Trinajstić information content (AvgIpc) is 2.30. The minimum absolute atomic E-state index is 0.00600. The molecule has 106 valence electrons. The Hall–Kier alpha value is -1.51. The molecule has 0 aliphatic carbocycles. The van der Waals surface area contributed by atoms with Gasteiger partial charge < -0.3 is 14.6 Å². The predicted molar refractivity (Wildman–Crippen MR) is 61.2 cm³/mol. The molecular formula is C10H9BrF3NO4. The highest BCUT2D eigenvalue weighted by Crippen LogP contribution is 2.34. The van der Waals surface area contributed by atoms with Gasteiger partial charge in [0.05, 0.1) is 12.3 Å². The molecule has 0 saturated carbocycles. The number of halogens is 4. The van der Waals surface area contributed by atoms with Crippen LogP contribution >= 0.6 is 15.9 Å². The van der Waals surface area contributed by atoms with Crippen LogP contribution in [0.3, 0.4) is 0 Å². The molecule has 0 spiro atoms. The second kappa shape index (κ2) is 6.09. The highest BCUT2D eigenvalue weighted by atomic mass is 79.9. The van der Waals surface area contributed by atoms with E-state index in [1.54, 1.807) is 0 Å². The van der Waals surface area contributed by atoms with Crippen molar-refractivity contribution >= 4 is 21.9 Å². The minimum atomic E-state index is -4.99. The van der Waals surface area contributed by atoms with Crippen LogP contribution in [0.25, 0.3) is 0 Å². The van der Waals surface area contributed by atoms with E-state index in [1.807, 2.05) is 0 Å². The van der Waals surface area contributed by atoms with Crippen LogP contribution in [0.2, 0.25) is 0 Å². The molecule has 0 atom stereocenters. The Bertz CT molecular complexity index is 479. The van der Waals surface area contributed by atoms with E-state index >= 15 is 0 Å². The van der Waals surface area contributed by atoms with Crippen LogP contribution in [0, 0.1) is 0 Å². The van der Waals surface area contributed by atoms with Crippen molar-refractivity contribution in [2.24, 2.45) is 0 Å². The molecule has 1 aromatic heterocycles. The third-order valence-electron chi connectivity index (χ3n) is 1.84. The summed E-state index contributed by atoms with van der Waals surface area (Å²) in [5.74, 6) is -2.95. The number of hydrogen-bond donors (Lipinski definition) is 1. The first-order valence-electron chi connectivity index (χ1n) is 5.00. The summed E-state index contributed by atoms with van der Waals surface area (Å²) in [5, 5.41) is 9.64. The highest BCUT2D eigenvalue weighted by Gasteiger charge is 2.34. The van der Waals surface area contributed by atoms with Gasteiger partial charge in [0, 0.05) is 11.4 Å². The predicted octanol–water partition coefficient (Wildman–Crippen LogP) is 2.76. The zero-order valence-corrected chi connectivity index (χ0v) is 11.2. The Balaban J connectivity index is 3.24. The number of nitrogens with zero attached hydrogens (tertiary/aromatic N) is 1. The van der Waals surface area contributed by atoms with Gasteiger partial charge in [0.2, 0.25) is 0 Å². The molecule has 0 aliphatic rings. The van der Waals surface area contributed by atoms with Crippen LogP contribution in [-0.4, -0.2) is 29.0 Å². The number of carbonyl (C=O) groups excluding carboxylic acids is 1. The molecule has 1 heterocycles. The standard InChI is InChI=1S/C10H9BrF3NO4/c1-2-18-9(17)7-8(16)6(19-10(12,13)14)3-5(4-11)15-7/h3,16H,2,4H2,1H3. The van der Waals surface area contributed by atoms with Crippen molar-refractivity contribution in [2.45, 2.75) is 18.6 Å². The lowest BCUT2D eigenvalue weighted by molar-refractivity contribution is -0.275. The zero-order chi connectivity index (χ0) is 14.6. The van der Waals surface area contributed by atoms with E-state index in [1.165, 1.54) is 6.92 Å². The first-order chi connectivity index (χ1) is 8.78. The van der Waals surface area contributed by atoms with Crippen molar-refractivity contribution in [3.05, 3.63) is 17.5 Å². The Morgan fingerprint density at radius 1 is 1.53 bits per heavy atom. The molecule has 0 amide bonds. The maximum Gasteiger partial charge on any atom is 0.573 e. The summed E-state index contributed by atoms with van der Waals surface area (Å²) in [7, 11) is 0. The zero-order valence-electron chi connectivity index (χ0n) is 9.62. The second-order valence-corrected chi connectivity index (χ2v) is 3.77. The number of carbonyl (C=O) groups is 1. The van der Waals surface area contributed by atoms with Crippen molar-refractivity contribution < 1.29 is 32.5 Å². The number of aromatic nitrogens is 1. The van der Waals surface area contributed by atoms with Crippen molar-refractivity contribution in [3.63, 3.8) is 0 Å². The number of aromatic hydroxyl groups is 1. The van der Waals surface area contributed by atoms with E-state index in [0.717, 1.165) is 6.07 Å². The SMILES string of the molecule is CCOC(=O)c1nc(CBr)cc(OC(F)(F)F)c1O. The van der Waals surface area contributed by atoms with Gasteiger partial charge in [0.15, 0.2) is 17.2 Å². The Labute approximate surface area is 114 Å². The van der Waals surface area contributed by atoms with E-state index in [4.69, 9.17) is 0 Å². The molecule has 0 fully saturated rings. The highest BCUT2D eigenvalue weighted by molar-refractivity contribution is 9.08. The summed E-state index contributed by atoms with van der Waals surface area (Å²) in [5.41, 5.74) is -0.543. The van der Waals surface area contributed by atoms with Crippen molar-refractivity contribution in [3.8, 4) is 11.5 Å². The van der Waals surface area contributed by atoms with Gasteiger partial charge in [-0.2, -0.15) is 0 Å². The summed E-state index contributed by atoms with van der Waals surface area (Å²) < 4.78 is 44.7. The molecule has 5 nitrogen and oxygen atoms in total. The third-order valence-corrected chi connectivity index (χ3v) is 2.42. The Morgan fingerprint density at radius 2 is 2.16 bits per heavy atom. The number of rotatable bonds is 4. The average molecular weight is 344 g/mol. The van der Waals surface area contributed by atoms with Gasteiger partial charge in [-0.1, -0.05) is 15.9 Å². The van der Waals surface area contributed by atoms with Gasteiger partial charge in [-0.25, -0.2) is 9.78 Å². The van der Waals surface area contributed by atoms with Gasteiger partial charge >= 0.3 is 12.3 Å². The molecule has 1 N–H and O–H groups in total. The number of pyridine rings is 1. The first kappa shape index (κ1) is 15.5.